The summed E-state index contributed by atoms with van der Waals surface area (Å²) in [6.45, 7) is 0. The first-order valence-corrected chi connectivity index (χ1v) is 9.41. The van der Waals surface area contributed by atoms with Crippen molar-refractivity contribution in [1.82, 2.24) is 0 Å². The van der Waals surface area contributed by atoms with Crippen LogP contribution in [0.4, 0.5) is 10.1 Å². The number of hydrazone groups is 1. The van der Waals surface area contributed by atoms with Gasteiger partial charge in [-0.05, 0) is 47.5 Å². The lowest BCUT2D eigenvalue weighted by atomic mass is 9.98. The summed E-state index contributed by atoms with van der Waals surface area (Å²) >= 11 is 9.91. The van der Waals surface area contributed by atoms with Crippen LogP contribution < -0.4 is 5.01 Å². The minimum atomic E-state index is -0.250. The van der Waals surface area contributed by atoms with E-state index in [0.29, 0.717) is 5.02 Å². The summed E-state index contributed by atoms with van der Waals surface area (Å²) in [6.07, 6.45) is 0.721. The van der Waals surface area contributed by atoms with Gasteiger partial charge >= 0.3 is 0 Å². The lowest BCUT2D eigenvalue weighted by molar-refractivity contribution is 0.627. The summed E-state index contributed by atoms with van der Waals surface area (Å²) in [5, 5.41) is 7.44. The summed E-state index contributed by atoms with van der Waals surface area (Å²) < 4.78 is 14.3. The summed E-state index contributed by atoms with van der Waals surface area (Å²) in [5.74, 6) is -0.250. The smallest absolute Gasteiger partial charge is 0.123 e. The normalized spacial score (nSPS) is 16.7. The van der Waals surface area contributed by atoms with Crippen LogP contribution >= 0.6 is 27.5 Å². The number of nitrogens with zero attached hydrogens (tertiary/aromatic N) is 2. The lowest BCUT2D eigenvalue weighted by Gasteiger charge is -2.24. The predicted molar refractivity (Wildman–Crippen MR) is 108 cm³/mol. The van der Waals surface area contributed by atoms with Crippen molar-refractivity contribution >= 4 is 38.9 Å². The topological polar surface area (TPSA) is 15.6 Å². The Morgan fingerprint density at radius 3 is 2.35 bits per heavy atom. The van der Waals surface area contributed by atoms with Crippen molar-refractivity contribution in [2.75, 3.05) is 5.01 Å². The Hall–Kier alpha value is -2.17. The summed E-state index contributed by atoms with van der Waals surface area (Å²) in [7, 11) is 0. The van der Waals surface area contributed by atoms with Gasteiger partial charge in [0, 0.05) is 10.9 Å². The first kappa shape index (κ1) is 17.3. The highest BCUT2D eigenvalue weighted by atomic mass is 79.9. The second-order valence-corrected chi connectivity index (χ2v) is 7.44. The highest BCUT2D eigenvalue weighted by molar-refractivity contribution is 9.10. The van der Waals surface area contributed by atoms with Crippen LogP contribution in [0.2, 0.25) is 5.02 Å². The number of anilines is 1. The van der Waals surface area contributed by atoms with E-state index < -0.39 is 0 Å². The number of benzene rings is 3. The Labute approximate surface area is 165 Å². The van der Waals surface area contributed by atoms with Crippen LogP contribution in [0.3, 0.4) is 0 Å². The van der Waals surface area contributed by atoms with Crippen molar-refractivity contribution < 1.29 is 4.39 Å². The maximum absolute atomic E-state index is 13.3. The first-order valence-electron chi connectivity index (χ1n) is 8.24. The van der Waals surface area contributed by atoms with E-state index in [1.54, 1.807) is 12.1 Å². The van der Waals surface area contributed by atoms with Crippen molar-refractivity contribution in [3.8, 4) is 0 Å². The van der Waals surface area contributed by atoms with Crippen LogP contribution in [0.5, 0.6) is 0 Å². The van der Waals surface area contributed by atoms with Crippen molar-refractivity contribution in [3.63, 3.8) is 0 Å². The van der Waals surface area contributed by atoms with E-state index in [0.717, 1.165) is 33.4 Å². The molecule has 0 aromatic heterocycles. The molecule has 3 aromatic rings. The highest BCUT2D eigenvalue weighted by Crippen LogP contribution is 2.39. The van der Waals surface area contributed by atoms with Gasteiger partial charge in [-0.25, -0.2) is 4.39 Å². The molecule has 0 unspecified atom stereocenters. The van der Waals surface area contributed by atoms with Crippen LogP contribution in [0, 0.1) is 5.82 Å². The Morgan fingerprint density at radius 2 is 1.65 bits per heavy atom. The van der Waals surface area contributed by atoms with Crippen LogP contribution in [0.1, 0.15) is 23.6 Å². The van der Waals surface area contributed by atoms with Crippen molar-refractivity contribution in [1.29, 1.82) is 0 Å². The third-order valence-corrected chi connectivity index (χ3v) is 5.29. The van der Waals surface area contributed by atoms with Gasteiger partial charge in [-0.1, -0.05) is 63.9 Å². The van der Waals surface area contributed by atoms with Crippen molar-refractivity contribution in [3.05, 3.63) is 99.2 Å². The van der Waals surface area contributed by atoms with Gasteiger partial charge in [-0.3, -0.25) is 5.01 Å². The third-order valence-electron chi connectivity index (χ3n) is 4.44. The molecular formula is C21H15BrClFN2. The van der Waals surface area contributed by atoms with E-state index in [4.69, 9.17) is 16.7 Å². The fraction of sp³-hybridized carbons (Fsp3) is 0.0952. The SMILES string of the molecule is Fc1ccc(C2=NN(c3ccccc3Cl)[C@@H](c3ccc(Br)cc3)C2)cc1. The zero-order valence-corrected chi connectivity index (χ0v) is 16.1. The number of hydrogen-bond donors (Lipinski definition) is 0. The second kappa shape index (κ2) is 7.22. The van der Waals surface area contributed by atoms with Gasteiger partial charge in [0.05, 0.1) is 22.5 Å². The molecule has 0 N–H and O–H groups in total. The number of hydrogen-bond acceptors (Lipinski definition) is 2. The number of halogens is 3. The second-order valence-electron chi connectivity index (χ2n) is 6.12. The number of rotatable bonds is 3. The quantitative estimate of drug-likeness (QED) is 0.458. The van der Waals surface area contributed by atoms with Crippen LogP contribution in [-0.4, -0.2) is 5.71 Å². The Bertz CT molecular complexity index is 955. The van der Waals surface area contributed by atoms with Gasteiger partial charge in [0.1, 0.15) is 5.82 Å². The molecule has 4 rings (SSSR count). The van der Waals surface area contributed by atoms with E-state index >= 15 is 0 Å². The van der Waals surface area contributed by atoms with E-state index in [1.807, 2.05) is 41.4 Å². The molecule has 1 atom stereocenters. The molecule has 0 saturated heterocycles. The van der Waals surface area contributed by atoms with Crippen molar-refractivity contribution in [2.45, 2.75) is 12.5 Å². The standard InChI is InChI=1S/C21H15BrClFN2/c22-16-9-5-15(6-10-16)21-13-19(14-7-11-17(24)12-8-14)25-26(21)20-4-2-1-3-18(20)23/h1-12,21H,13H2/t21-/m1/s1. The summed E-state index contributed by atoms with van der Waals surface area (Å²) in [6, 6.07) is 22.4. The van der Waals surface area contributed by atoms with Gasteiger partial charge in [-0.2, -0.15) is 5.10 Å². The maximum Gasteiger partial charge on any atom is 0.123 e. The van der Waals surface area contributed by atoms with Gasteiger partial charge in [0.2, 0.25) is 0 Å². The van der Waals surface area contributed by atoms with Gasteiger partial charge < -0.3 is 0 Å². The average molecular weight is 430 g/mol. The third kappa shape index (κ3) is 3.39. The molecule has 1 aliphatic heterocycles. The van der Waals surface area contributed by atoms with Gasteiger partial charge in [0.15, 0.2) is 0 Å². The van der Waals surface area contributed by atoms with E-state index in [2.05, 4.69) is 28.1 Å². The fourth-order valence-corrected chi connectivity index (χ4v) is 3.62. The summed E-state index contributed by atoms with van der Waals surface area (Å²) in [4.78, 5) is 0. The molecule has 3 aromatic carbocycles. The monoisotopic (exact) mass is 428 g/mol. The molecule has 1 heterocycles. The molecule has 0 aliphatic carbocycles. The predicted octanol–water partition coefficient (Wildman–Crippen LogP) is 6.60. The minimum Gasteiger partial charge on any atom is -0.256 e. The Kier molecular flexibility index (Phi) is 4.79. The van der Waals surface area contributed by atoms with E-state index in [-0.39, 0.29) is 11.9 Å². The van der Waals surface area contributed by atoms with Gasteiger partial charge in [-0.15, -0.1) is 0 Å². The molecule has 26 heavy (non-hydrogen) atoms. The van der Waals surface area contributed by atoms with Crippen LogP contribution in [0.25, 0.3) is 0 Å². The molecule has 5 heteroatoms. The minimum absolute atomic E-state index is 0.0306. The molecule has 0 bridgehead atoms. The molecule has 130 valence electrons. The number of para-hydroxylation sites is 1. The zero-order chi connectivity index (χ0) is 18.1. The van der Waals surface area contributed by atoms with E-state index in [9.17, 15) is 4.39 Å². The molecule has 0 saturated carbocycles. The van der Waals surface area contributed by atoms with Crippen molar-refractivity contribution in [2.24, 2.45) is 5.10 Å². The molecule has 0 spiro atoms. The fourth-order valence-electron chi connectivity index (χ4n) is 3.13. The molecular weight excluding hydrogens is 415 g/mol. The van der Waals surface area contributed by atoms with Crippen LogP contribution in [0.15, 0.2) is 82.4 Å². The molecule has 0 radical (unpaired) electrons. The largest absolute Gasteiger partial charge is 0.256 e. The molecule has 0 fully saturated rings. The molecule has 2 nitrogen and oxygen atoms in total. The molecule has 0 amide bonds. The van der Waals surface area contributed by atoms with E-state index in [1.165, 1.54) is 12.1 Å². The first-order chi connectivity index (χ1) is 12.6. The average Bonchev–Trinajstić information content (AvgIpc) is 3.08. The van der Waals surface area contributed by atoms with Gasteiger partial charge in [0.25, 0.3) is 0 Å². The Balaban J connectivity index is 1.77. The van der Waals surface area contributed by atoms with Crippen LogP contribution in [-0.2, 0) is 0 Å². The Morgan fingerprint density at radius 1 is 0.962 bits per heavy atom. The lowest BCUT2D eigenvalue weighted by Crippen LogP contribution is -2.18. The zero-order valence-electron chi connectivity index (χ0n) is 13.7. The summed E-state index contributed by atoms with van der Waals surface area (Å²) in [5.41, 5.74) is 3.84. The molecule has 1 aliphatic rings. The maximum atomic E-state index is 13.3. The highest BCUT2D eigenvalue weighted by Gasteiger charge is 2.30.